The lowest BCUT2D eigenvalue weighted by atomic mass is 10.2. The van der Waals surface area contributed by atoms with Crippen LogP contribution < -0.4 is 25.0 Å². The number of benzene rings is 2. The van der Waals surface area contributed by atoms with Gasteiger partial charge in [0.1, 0.15) is 12.4 Å². The highest BCUT2D eigenvalue weighted by Gasteiger charge is 2.13. The van der Waals surface area contributed by atoms with Crippen LogP contribution in [0.25, 0.3) is 0 Å². The van der Waals surface area contributed by atoms with Gasteiger partial charge in [-0.15, -0.1) is 0 Å². The van der Waals surface area contributed by atoms with E-state index in [1.54, 1.807) is 43.5 Å². The molecule has 0 aliphatic rings. The summed E-state index contributed by atoms with van der Waals surface area (Å²) in [5.74, 6) is 0.694. The smallest absolute Gasteiger partial charge is 0.259 e. The molecule has 0 atom stereocenters. The number of hydrogen-bond acceptors (Lipinski definition) is 6. The monoisotopic (exact) mass is 523 g/mol. The molecule has 30 heavy (non-hydrogen) atoms. The molecule has 2 amide bonds. The van der Waals surface area contributed by atoms with Gasteiger partial charge in [-0.25, -0.2) is 5.43 Å². The van der Waals surface area contributed by atoms with Crippen molar-refractivity contribution in [1.82, 2.24) is 10.7 Å². The summed E-state index contributed by atoms with van der Waals surface area (Å²) in [6.45, 7) is 3.75. The zero-order valence-corrected chi connectivity index (χ0v) is 18.8. The number of rotatable bonds is 10. The lowest BCUT2D eigenvalue weighted by Crippen LogP contribution is -2.35. The summed E-state index contributed by atoms with van der Waals surface area (Å²) in [4.78, 5) is 24.2. The standard InChI is InChI=1S/C21H22IN3O5/c1-4-9-30-20-16(22)10-14(11-18(20)29-3)12-24-25-19(26)13-23-21(27)15-7-5-6-8-17(15)28-2/h4-8,10-12H,1,9,13H2,2-3H3,(H,23,27)(H,25,26). The molecule has 2 rings (SSSR count). The van der Waals surface area contributed by atoms with Crippen molar-refractivity contribution in [1.29, 1.82) is 0 Å². The van der Waals surface area contributed by atoms with Crippen molar-refractivity contribution < 1.29 is 23.8 Å². The van der Waals surface area contributed by atoms with E-state index in [0.29, 0.717) is 35.0 Å². The predicted molar refractivity (Wildman–Crippen MR) is 122 cm³/mol. The number of methoxy groups -OCH3 is 2. The van der Waals surface area contributed by atoms with Crippen molar-refractivity contribution >= 4 is 40.6 Å². The summed E-state index contributed by atoms with van der Waals surface area (Å²) in [6.07, 6.45) is 3.12. The number of ether oxygens (including phenoxy) is 3. The van der Waals surface area contributed by atoms with E-state index < -0.39 is 11.8 Å². The summed E-state index contributed by atoms with van der Waals surface area (Å²) in [5.41, 5.74) is 3.42. The molecule has 0 bridgehead atoms. The Bertz CT molecular complexity index is 946. The first-order valence-corrected chi connectivity index (χ1v) is 9.92. The van der Waals surface area contributed by atoms with Crippen LogP contribution in [0.5, 0.6) is 17.2 Å². The molecule has 0 radical (unpaired) electrons. The SMILES string of the molecule is C=CCOc1c(I)cc(C=NNC(=O)CNC(=O)c2ccccc2OC)cc1OC. The van der Waals surface area contributed by atoms with Crippen LogP contribution in [0.15, 0.2) is 54.2 Å². The Balaban J connectivity index is 1.93. The van der Waals surface area contributed by atoms with Crippen molar-refractivity contribution in [2.75, 3.05) is 27.4 Å². The summed E-state index contributed by atoms with van der Waals surface area (Å²) in [7, 11) is 3.02. The second-order valence-electron chi connectivity index (χ2n) is 5.81. The normalized spacial score (nSPS) is 10.4. The van der Waals surface area contributed by atoms with Gasteiger partial charge in [-0.2, -0.15) is 5.10 Å². The van der Waals surface area contributed by atoms with E-state index in [4.69, 9.17) is 14.2 Å². The Labute approximate surface area is 188 Å². The topological polar surface area (TPSA) is 98.2 Å². The largest absolute Gasteiger partial charge is 0.496 e. The average molecular weight is 523 g/mol. The zero-order chi connectivity index (χ0) is 21.9. The van der Waals surface area contributed by atoms with Crippen molar-refractivity contribution in [3.05, 3.63) is 63.8 Å². The molecule has 158 valence electrons. The fraction of sp³-hybridized carbons (Fsp3) is 0.190. The number of halogens is 1. The van der Waals surface area contributed by atoms with Crippen LogP contribution >= 0.6 is 22.6 Å². The number of amides is 2. The van der Waals surface area contributed by atoms with Gasteiger partial charge in [0.2, 0.25) is 0 Å². The third-order valence-corrected chi connectivity index (χ3v) is 4.56. The summed E-state index contributed by atoms with van der Waals surface area (Å²) < 4.78 is 16.9. The summed E-state index contributed by atoms with van der Waals surface area (Å²) >= 11 is 2.13. The maximum absolute atomic E-state index is 12.2. The fourth-order valence-corrected chi connectivity index (χ4v) is 3.18. The molecule has 0 saturated carbocycles. The van der Waals surface area contributed by atoms with E-state index >= 15 is 0 Å². The Morgan fingerprint density at radius 2 is 1.90 bits per heavy atom. The Kier molecular flexibility index (Phi) is 9.13. The van der Waals surface area contributed by atoms with Crippen LogP contribution in [0.1, 0.15) is 15.9 Å². The fourth-order valence-electron chi connectivity index (χ4n) is 2.40. The minimum absolute atomic E-state index is 0.233. The van der Waals surface area contributed by atoms with Gasteiger partial charge in [-0.1, -0.05) is 24.8 Å². The molecule has 2 aromatic rings. The van der Waals surface area contributed by atoms with Crippen LogP contribution in [-0.2, 0) is 4.79 Å². The van der Waals surface area contributed by atoms with E-state index in [9.17, 15) is 9.59 Å². The van der Waals surface area contributed by atoms with Crippen LogP contribution in [-0.4, -0.2) is 45.4 Å². The van der Waals surface area contributed by atoms with Crippen molar-refractivity contribution in [3.63, 3.8) is 0 Å². The lowest BCUT2D eigenvalue weighted by molar-refractivity contribution is -0.120. The van der Waals surface area contributed by atoms with Crippen molar-refractivity contribution in [3.8, 4) is 17.2 Å². The minimum atomic E-state index is -0.470. The van der Waals surface area contributed by atoms with Crippen LogP contribution in [0.3, 0.4) is 0 Å². The van der Waals surface area contributed by atoms with Gasteiger partial charge in [-0.05, 0) is 52.4 Å². The Hall–Kier alpha value is -3.08. The molecule has 0 aromatic heterocycles. The van der Waals surface area contributed by atoms with Gasteiger partial charge in [-0.3, -0.25) is 9.59 Å². The molecule has 8 nitrogen and oxygen atoms in total. The number of hydrogen-bond donors (Lipinski definition) is 2. The molecule has 0 aliphatic heterocycles. The second-order valence-corrected chi connectivity index (χ2v) is 6.97. The Morgan fingerprint density at radius 1 is 1.17 bits per heavy atom. The van der Waals surface area contributed by atoms with E-state index in [2.05, 4.69) is 45.0 Å². The summed E-state index contributed by atoms with van der Waals surface area (Å²) in [5, 5.41) is 6.44. The lowest BCUT2D eigenvalue weighted by Gasteiger charge is -2.12. The van der Waals surface area contributed by atoms with Gasteiger partial charge in [0, 0.05) is 0 Å². The maximum atomic E-state index is 12.2. The van der Waals surface area contributed by atoms with Crippen LogP contribution in [0.4, 0.5) is 0 Å². The highest BCUT2D eigenvalue weighted by molar-refractivity contribution is 14.1. The van der Waals surface area contributed by atoms with Crippen molar-refractivity contribution in [2.45, 2.75) is 0 Å². The highest BCUT2D eigenvalue weighted by atomic mass is 127. The predicted octanol–water partition coefficient (Wildman–Crippen LogP) is 2.75. The third-order valence-electron chi connectivity index (χ3n) is 3.76. The summed E-state index contributed by atoms with van der Waals surface area (Å²) in [6, 6.07) is 10.3. The number of para-hydroxylation sites is 1. The van der Waals surface area contributed by atoms with Crippen molar-refractivity contribution in [2.24, 2.45) is 5.10 Å². The van der Waals surface area contributed by atoms with Gasteiger partial charge >= 0.3 is 0 Å². The van der Waals surface area contributed by atoms with Gasteiger partial charge in [0.15, 0.2) is 11.5 Å². The number of carbonyl (C=O) groups excluding carboxylic acids is 2. The minimum Gasteiger partial charge on any atom is -0.496 e. The van der Waals surface area contributed by atoms with Gasteiger partial charge in [0.05, 0.1) is 36.1 Å². The number of nitrogens with zero attached hydrogens (tertiary/aromatic N) is 1. The molecule has 0 unspecified atom stereocenters. The molecule has 0 saturated heterocycles. The first-order chi connectivity index (χ1) is 14.5. The van der Waals surface area contributed by atoms with Gasteiger partial charge in [0.25, 0.3) is 11.8 Å². The quantitative estimate of drug-likeness (QED) is 0.216. The third kappa shape index (κ3) is 6.48. The van der Waals surface area contributed by atoms with E-state index in [-0.39, 0.29) is 6.54 Å². The number of hydrazone groups is 1. The molecule has 2 N–H and O–H groups in total. The molecule has 0 spiro atoms. The average Bonchev–Trinajstić information content (AvgIpc) is 2.76. The molecule has 0 aliphatic carbocycles. The van der Waals surface area contributed by atoms with E-state index in [0.717, 1.165) is 3.57 Å². The first-order valence-electron chi connectivity index (χ1n) is 8.84. The molecule has 2 aromatic carbocycles. The number of nitrogens with one attached hydrogen (secondary N) is 2. The number of carbonyl (C=O) groups is 2. The maximum Gasteiger partial charge on any atom is 0.259 e. The second kappa shape index (κ2) is 11.8. The van der Waals surface area contributed by atoms with Crippen LogP contribution in [0, 0.1) is 3.57 Å². The molecule has 0 heterocycles. The molecule has 0 fully saturated rings. The molecule has 9 heteroatoms. The highest BCUT2D eigenvalue weighted by Crippen LogP contribution is 2.33. The van der Waals surface area contributed by atoms with E-state index in [1.807, 2.05) is 6.07 Å². The van der Waals surface area contributed by atoms with Crippen LogP contribution in [0.2, 0.25) is 0 Å². The first kappa shape index (κ1) is 23.2. The zero-order valence-electron chi connectivity index (χ0n) is 16.6. The Morgan fingerprint density at radius 3 is 2.60 bits per heavy atom. The van der Waals surface area contributed by atoms with Gasteiger partial charge < -0.3 is 19.5 Å². The molecular formula is C21H22IN3O5. The molecular weight excluding hydrogens is 501 g/mol. The van der Waals surface area contributed by atoms with E-state index in [1.165, 1.54) is 13.3 Å².